The second kappa shape index (κ2) is 10.6. The number of hydrogen-bond donors (Lipinski definition) is 1. The van der Waals surface area contributed by atoms with E-state index in [4.69, 9.17) is 14.6 Å². The van der Waals surface area contributed by atoms with Gasteiger partial charge in [0.25, 0.3) is 0 Å². The highest BCUT2D eigenvalue weighted by Gasteiger charge is 2.27. The summed E-state index contributed by atoms with van der Waals surface area (Å²) in [6.45, 7) is 4.25. The van der Waals surface area contributed by atoms with Crippen molar-refractivity contribution < 1.29 is 19.4 Å². The number of aryl methyl sites for hydroxylation is 3. The molecule has 1 aliphatic heterocycles. The van der Waals surface area contributed by atoms with Gasteiger partial charge in [-0.05, 0) is 49.6 Å². The molecule has 39 heavy (non-hydrogen) atoms. The molecule has 1 N–H and O–H groups in total. The number of aromatic carboxylic acids is 1. The Labute approximate surface area is 227 Å². The average Bonchev–Trinajstić information content (AvgIpc) is 3.40. The van der Waals surface area contributed by atoms with Crippen LogP contribution >= 0.6 is 0 Å². The zero-order chi connectivity index (χ0) is 26.9. The molecule has 3 aromatic carbocycles. The number of hydrogen-bond acceptors (Lipinski definition) is 4. The predicted octanol–water partition coefficient (Wildman–Crippen LogP) is 6.52. The largest absolute Gasteiger partial charge is 0.493 e. The number of fused-ring (bicyclic) bond motifs is 3. The summed E-state index contributed by atoms with van der Waals surface area (Å²) < 4.78 is 16.0. The molecule has 200 valence electrons. The maximum Gasteiger partial charge on any atom is 0.352 e. The van der Waals surface area contributed by atoms with E-state index in [0.717, 1.165) is 68.3 Å². The fourth-order valence-electron chi connectivity index (χ4n) is 5.93. The van der Waals surface area contributed by atoms with E-state index in [1.807, 2.05) is 46.6 Å². The minimum atomic E-state index is -0.892. The summed E-state index contributed by atoms with van der Waals surface area (Å²) in [4.78, 5) is 12.8. The molecule has 7 heteroatoms. The van der Waals surface area contributed by atoms with Gasteiger partial charge in [0.1, 0.15) is 11.4 Å². The Morgan fingerprint density at radius 3 is 2.72 bits per heavy atom. The lowest BCUT2D eigenvalue weighted by Crippen LogP contribution is -2.12. The molecule has 0 bridgehead atoms. The molecule has 6 rings (SSSR count). The van der Waals surface area contributed by atoms with E-state index >= 15 is 0 Å². The van der Waals surface area contributed by atoms with Gasteiger partial charge < -0.3 is 19.1 Å². The van der Waals surface area contributed by atoms with Crippen molar-refractivity contribution in [3.05, 3.63) is 83.3 Å². The number of carbonyl (C=O) groups is 1. The second-order valence-electron chi connectivity index (χ2n) is 10.2. The topological polar surface area (TPSA) is 78.5 Å². The molecule has 1 aliphatic rings. The Morgan fingerprint density at radius 1 is 1.05 bits per heavy atom. The van der Waals surface area contributed by atoms with Crippen LogP contribution in [0.1, 0.15) is 46.7 Å². The third kappa shape index (κ3) is 4.57. The Bertz CT molecular complexity index is 1680. The molecule has 0 saturated carbocycles. The Kier molecular flexibility index (Phi) is 6.83. The first-order valence-electron chi connectivity index (χ1n) is 13.6. The van der Waals surface area contributed by atoms with Crippen LogP contribution in [0.4, 0.5) is 0 Å². The highest BCUT2D eigenvalue weighted by atomic mass is 16.5. The monoisotopic (exact) mass is 523 g/mol. The van der Waals surface area contributed by atoms with Crippen LogP contribution in [0, 0.1) is 6.92 Å². The Balaban J connectivity index is 1.39. The van der Waals surface area contributed by atoms with Gasteiger partial charge in [-0.25, -0.2) is 4.79 Å². The van der Waals surface area contributed by atoms with E-state index in [1.54, 1.807) is 0 Å². The van der Waals surface area contributed by atoms with E-state index in [-0.39, 0.29) is 0 Å². The zero-order valence-corrected chi connectivity index (χ0v) is 22.4. The van der Waals surface area contributed by atoms with Crippen LogP contribution in [0.15, 0.2) is 60.7 Å². The molecular formula is C32H33N3O4. The first-order chi connectivity index (χ1) is 19.0. The minimum absolute atomic E-state index is 0.380. The predicted molar refractivity (Wildman–Crippen MR) is 152 cm³/mol. The fourth-order valence-corrected chi connectivity index (χ4v) is 5.93. The molecule has 7 nitrogen and oxygen atoms in total. The van der Waals surface area contributed by atoms with Crippen molar-refractivity contribution in [2.75, 3.05) is 13.2 Å². The maximum absolute atomic E-state index is 12.8. The molecule has 5 aromatic rings. The number of carboxylic acids is 1. The molecule has 2 aromatic heterocycles. The molecule has 0 atom stereocenters. The Morgan fingerprint density at radius 2 is 1.85 bits per heavy atom. The van der Waals surface area contributed by atoms with Gasteiger partial charge in [-0.1, -0.05) is 54.6 Å². The number of carboxylic acid groups (broad SMARTS) is 1. The van der Waals surface area contributed by atoms with E-state index < -0.39 is 5.97 Å². The number of rotatable bonds is 6. The first-order valence-corrected chi connectivity index (χ1v) is 13.6. The lowest BCUT2D eigenvalue weighted by Gasteiger charge is -2.12. The summed E-state index contributed by atoms with van der Waals surface area (Å²) in [5.74, 6) is -0.0380. The van der Waals surface area contributed by atoms with Crippen molar-refractivity contribution in [3.63, 3.8) is 0 Å². The number of benzene rings is 3. The van der Waals surface area contributed by atoms with Gasteiger partial charge in [0.2, 0.25) is 0 Å². The molecule has 0 unspecified atom stereocenters. The van der Waals surface area contributed by atoms with Crippen LogP contribution in [-0.2, 0) is 31.4 Å². The van der Waals surface area contributed by atoms with Crippen molar-refractivity contribution in [3.8, 4) is 16.9 Å². The number of aromatic nitrogens is 3. The lowest BCUT2D eigenvalue weighted by molar-refractivity contribution is 0.0683. The molecule has 0 saturated heterocycles. The molecular weight excluding hydrogens is 490 g/mol. The standard InChI is InChI=1S/C32H33N3O4/c1-21-29-26-14-8-13-24-25(15-9-19-39-28-16-7-11-22-10-3-4-12-23(22)28)31(32(36)37)35(30(24)26)17-5-6-18-38-20-27(29)33-34(21)2/h3-4,7-8,10-14,16H,5-6,9,15,17-20H2,1-2H3,(H,36,37). The number of ether oxygens (including phenoxy) is 2. The zero-order valence-electron chi connectivity index (χ0n) is 22.4. The van der Waals surface area contributed by atoms with Crippen LogP contribution in [0.25, 0.3) is 32.8 Å². The van der Waals surface area contributed by atoms with Gasteiger partial charge in [0.05, 0.1) is 24.4 Å². The molecule has 0 spiro atoms. The van der Waals surface area contributed by atoms with Gasteiger partial charge in [-0.3, -0.25) is 4.68 Å². The quantitative estimate of drug-likeness (QED) is 0.256. The third-order valence-electron chi connectivity index (χ3n) is 7.80. The summed E-state index contributed by atoms with van der Waals surface area (Å²) in [5.41, 5.74) is 6.20. The molecule has 3 heterocycles. The van der Waals surface area contributed by atoms with Gasteiger partial charge in [0.15, 0.2) is 0 Å². The Hall–Kier alpha value is -4.10. The van der Waals surface area contributed by atoms with Crippen LogP contribution in [0.3, 0.4) is 0 Å². The van der Waals surface area contributed by atoms with Crippen molar-refractivity contribution in [2.45, 2.75) is 45.8 Å². The highest BCUT2D eigenvalue weighted by molar-refractivity contribution is 6.04. The van der Waals surface area contributed by atoms with Crippen LogP contribution in [-0.4, -0.2) is 38.6 Å². The van der Waals surface area contributed by atoms with Gasteiger partial charge in [-0.2, -0.15) is 5.10 Å². The number of para-hydroxylation sites is 1. The maximum atomic E-state index is 12.8. The van der Waals surface area contributed by atoms with E-state index in [9.17, 15) is 9.90 Å². The van der Waals surface area contributed by atoms with Crippen molar-refractivity contribution in [2.24, 2.45) is 7.05 Å². The normalized spacial score (nSPS) is 13.8. The summed E-state index contributed by atoms with van der Waals surface area (Å²) in [7, 11) is 1.94. The van der Waals surface area contributed by atoms with E-state index in [0.29, 0.717) is 44.9 Å². The third-order valence-corrected chi connectivity index (χ3v) is 7.80. The lowest BCUT2D eigenvalue weighted by atomic mass is 9.98. The summed E-state index contributed by atoms with van der Waals surface area (Å²) in [5, 5.41) is 18.4. The fraction of sp³-hybridized carbons (Fsp3) is 0.312. The van der Waals surface area contributed by atoms with Gasteiger partial charge in [0, 0.05) is 47.8 Å². The molecule has 0 radical (unpaired) electrons. The van der Waals surface area contributed by atoms with Crippen LogP contribution < -0.4 is 4.74 Å². The summed E-state index contributed by atoms with van der Waals surface area (Å²) in [6.07, 6.45) is 3.02. The summed E-state index contributed by atoms with van der Waals surface area (Å²) in [6, 6.07) is 20.4. The first kappa shape index (κ1) is 25.2. The number of nitrogens with zero attached hydrogens (tertiary/aromatic N) is 3. The summed E-state index contributed by atoms with van der Waals surface area (Å²) >= 11 is 0. The average molecular weight is 524 g/mol. The highest BCUT2D eigenvalue weighted by Crippen LogP contribution is 2.39. The van der Waals surface area contributed by atoms with E-state index in [2.05, 4.69) is 37.3 Å². The molecule has 0 fully saturated rings. The minimum Gasteiger partial charge on any atom is -0.493 e. The smallest absolute Gasteiger partial charge is 0.352 e. The van der Waals surface area contributed by atoms with E-state index in [1.165, 1.54) is 0 Å². The molecule has 0 amide bonds. The van der Waals surface area contributed by atoms with Crippen LogP contribution in [0.5, 0.6) is 5.75 Å². The molecule has 0 aliphatic carbocycles. The van der Waals surface area contributed by atoms with Gasteiger partial charge >= 0.3 is 5.97 Å². The SMILES string of the molecule is Cc1c2c(nn1C)COCCCCn1c(C(=O)O)c(CCCOc3cccc4ccccc34)c3cccc-2c31. The second-order valence-corrected chi connectivity index (χ2v) is 10.2. The van der Waals surface area contributed by atoms with Crippen molar-refractivity contribution >= 4 is 27.6 Å². The van der Waals surface area contributed by atoms with Crippen molar-refractivity contribution in [1.82, 2.24) is 14.3 Å². The van der Waals surface area contributed by atoms with Crippen molar-refractivity contribution in [1.29, 1.82) is 0 Å². The van der Waals surface area contributed by atoms with Crippen LogP contribution in [0.2, 0.25) is 0 Å². The van der Waals surface area contributed by atoms with Gasteiger partial charge in [-0.15, -0.1) is 0 Å².